The topological polar surface area (TPSA) is 139 Å². The normalized spacial score (nSPS) is 10.7. The lowest BCUT2D eigenvalue weighted by Gasteiger charge is -2.08. The number of aryl methyl sites for hydroxylation is 3. The highest BCUT2D eigenvalue weighted by atomic mass is 35.5. The van der Waals surface area contributed by atoms with E-state index in [0.29, 0.717) is 5.69 Å². The van der Waals surface area contributed by atoms with Gasteiger partial charge in [0.2, 0.25) is 0 Å². The van der Waals surface area contributed by atoms with E-state index < -0.39 is 15.9 Å². The fourth-order valence-electron chi connectivity index (χ4n) is 2.67. The van der Waals surface area contributed by atoms with Gasteiger partial charge in [0.05, 0.1) is 11.6 Å². The summed E-state index contributed by atoms with van der Waals surface area (Å²) in [6.07, 6.45) is 0. The molecular weight excluding hydrogens is 460 g/mol. The van der Waals surface area contributed by atoms with Crippen LogP contribution in [0.15, 0.2) is 26.9 Å². The van der Waals surface area contributed by atoms with Gasteiger partial charge in [-0.1, -0.05) is 22.8 Å². The first kappa shape index (κ1) is 24.4. The molecule has 164 valence electrons. The van der Waals surface area contributed by atoms with Gasteiger partial charge < -0.3 is 10.3 Å². The number of nitrogens with one attached hydrogen (secondary N) is 1. The SMILES string of the molecule is Cc1cc(C)c(C)c(C#N)c1C.Cc1noc(NS(=O)(=O)c2ccsc2C(N)=O)c1Cl. The number of amides is 1. The largest absolute Gasteiger partial charge is 0.365 e. The summed E-state index contributed by atoms with van der Waals surface area (Å²) in [5.41, 5.74) is 10.9. The van der Waals surface area contributed by atoms with E-state index >= 15 is 0 Å². The molecule has 0 saturated heterocycles. The first-order chi connectivity index (χ1) is 14.4. The Morgan fingerprint density at radius 3 is 2.26 bits per heavy atom. The van der Waals surface area contributed by atoms with Crippen LogP contribution in [0.5, 0.6) is 0 Å². The molecule has 1 aromatic carbocycles. The van der Waals surface area contributed by atoms with E-state index in [4.69, 9.17) is 27.1 Å². The molecule has 0 radical (unpaired) electrons. The monoisotopic (exact) mass is 480 g/mol. The number of rotatable bonds is 4. The average molecular weight is 481 g/mol. The highest BCUT2D eigenvalue weighted by Gasteiger charge is 2.25. The summed E-state index contributed by atoms with van der Waals surface area (Å²) < 4.78 is 31.0. The van der Waals surface area contributed by atoms with Crippen molar-refractivity contribution in [3.05, 3.63) is 60.9 Å². The van der Waals surface area contributed by atoms with Crippen LogP contribution >= 0.6 is 22.9 Å². The molecule has 3 N–H and O–H groups in total. The first-order valence-electron chi connectivity index (χ1n) is 8.90. The van der Waals surface area contributed by atoms with Gasteiger partial charge in [0, 0.05) is 0 Å². The van der Waals surface area contributed by atoms with Crippen LogP contribution in [0.25, 0.3) is 0 Å². The smallest absolute Gasteiger partial charge is 0.265 e. The number of carbonyl (C=O) groups excluding carboxylic acids is 1. The van der Waals surface area contributed by atoms with Crippen LogP contribution < -0.4 is 10.5 Å². The molecule has 8 nitrogen and oxygen atoms in total. The van der Waals surface area contributed by atoms with Gasteiger partial charge in [-0.15, -0.1) is 11.3 Å². The van der Waals surface area contributed by atoms with Crippen LogP contribution in [0.1, 0.15) is 43.2 Å². The van der Waals surface area contributed by atoms with E-state index in [9.17, 15) is 13.2 Å². The summed E-state index contributed by atoms with van der Waals surface area (Å²) in [6.45, 7) is 9.65. The summed E-state index contributed by atoms with van der Waals surface area (Å²) in [5, 5.41) is 13.9. The molecule has 2 aromatic heterocycles. The van der Waals surface area contributed by atoms with Gasteiger partial charge in [-0.05, 0) is 68.3 Å². The lowest BCUT2D eigenvalue weighted by molar-refractivity contribution is 0.100. The number of benzene rings is 1. The maximum absolute atomic E-state index is 12.1. The number of nitrogens with two attached hydrogens (primary N) is 1. The van der Waals surface area contributed by atoms with Crippen molar-refractivity contribution in [2.24, 2.45) is 5.73 Å². The van der Waals surface area contributed by atoms with E-state index in [0.717, 1.165) is 28.0 Å². The Kier molecular flexibility index (Phi) is 7.49. The zero-order valence-corrected chi connectivity index (χ0v) is 19.9. The Hall–Kier alpha value is -2.87. The molecule has 1 amide bonds. The highest BCUT2D eigenvalue weighted by molar-refractivity contribution is 7.93. The second-order valence-electron chi connectivity index (χ2n) is 6.74. The maximum atomic E-state index is 12.1. The van der Waals surface area contributed by atoms with Gasteiger partial charge in [-0.25, -0.2) is 13.1 Å². The molecule has 0 bridgehead atoms. The second kappa shape index (κ2) is 9.51. The van der Waals surface area contributed by atoms with Crippen molar-refractivity contribution in [2.75, 3.05) is 4.72 Å². The van der Waals surface area contributed by atoms with Gasteiger partial charge in [-0.3, -0.25) is 4.79 Å². The number of primary amides is 1. The highest BCUT2D eigenvalue weighted by Crippen LogP contribution is 2.29. The molecule has 0 fully saturated rings. The molecule has 2 heterocycles. The first-order valence-corrected chi connectivity index (χ1v) is 11.6. The average Bonchev–Trinajstić information content (AvgIpc) is 3.31. The fourth-order valence-corrected chi connectivity index (χ4v) is 5.13. The number of nitrogens with zero attached hydrogens (tertiary/aromatic N) is 2. The Labute approximate surface area is 189 Å². The number of hydrogen-bond donors (Lipinski definition) is 2. The Balaban J connectivity index is 0.000000245. The van der Waals surface area contributed by atoms with Crippen molar-refractivity contribution in [3.63, 3.8) is 0 Å². The molecular formula is C20H21ClN4O4S2. The molecule has 0 spiro atoms. The van der Waals surface area contributed by atoms with Crippen LogP contribution in [0.2, 0.25) is 5.02 Å². The van der Waals surface area contributed by atoms with Gasteiger partial charge in [0.1, 0.15) is 20.5 Å². The number of halogens is 1. The molecule has 31 heavy (non-hydrogen) atoms. The van der Waals surface area contributed by atoms with Gasteiger partial charge in [0.15, 0.2) is 0 Å². The van der Waals surface area contributed by atoms with Crippen molar-refractivity contribution < 1.29 is 17.7 Å². The van der Waals surface area contributed by atoms with Crippen LogP contribution in [-0.2, 0) is 10.0 Å². The number of aromatic nitrogens is 1. The number of anilines is 1. The summed E-state index contributed by atoms with van der Waals surface area (Å²) in [7, 11) is -4.01. The van der Waals surface area contributed by atoms with Crippen LogP contribution in [0.3, 0.4) is 0 Å². The summed E-state index contributed by atoms with van der Waals surface area (Å²) >= 11 is 6.74. The zero-order valence-electron chi connectivity index (χ0n) is 17.5. The molecule has 0 unspecified atom stereocenters. The van der Waals surface area contributed by atoms with Crippen molar-refractivity contribution in [1.82, 2.24) is 5.16 Å². The summed E-state index contributed by atoms with van der Waals surface area (Å²) in [4.78, 5) is 10.8. The predicted octanol–water partition coefficient (Wildman–Crippen LogP) is 4.39. The standard InChI is InChI=1S/C11H13N.C9H8ClN3O4S2/c1-7-5-8(2)10(4)11(6-12)9(7)3;1-4-6(10)9(17-12-4)13-19(15,16)5-2-3-18-7(5)8(11)14/h5H,1-4H3;2-3,13H,1H3,(H2,11,14). The minimum Gasteiger partial charge on any atom is -0.365 e. The second-order valence-corrected chi connectivity index (χ2v) is 9.69. The number of sulfonamides is 1. The van der Waals surface area contributed by atoms with Crippen LogP contribution in [0.4, 0.5) is 5.88 Å². The predicted molar refractivity (Wildman–Crippen MR) is 120 cm³/mol. The molecule has 3 aromatic rings. The number of hydrogen-bond acceptors (Lipinski definition) is 7. The summed E-state index contributed by atoms with van der Waals surface area (Å²) in [6, 6.07) is 5.64. The molecule has 0 aliphatic rings. The number of carbonyl (C=O) groups is 1. The molecule has 0 saturated carbocycles. The third-order valence-corrected chi connectivity index (χ3v) is 7.51. The fraction of sp³-hybridized carbons (Fsp3) is 0.250. The van der Waals surface area contributed by atoms with Gasteiger partial charge in [-0.2, -0.15) is 5.26 Å². The summed E-state index contributed by atoms with van der Waals surface area (Å²) in [5.74, 6) is -1.03. The quantitative estimate of drug-likeness (QED) is 0.567. The minimum absolute atomic E-state index is 0.0550. The third-order valence-electron chi connectivity index (χ3n) is 4.64. The molecule has 11 heteroatoms. The molecule has 0 aliphatic heterocycles. The van der Waals surface area contributed by atoms with Crippen molar-refractivity contribution in [3.8, 4) is 6.07 Å². The zero-order chi connectivity index (χ0) is 23.5. The van der Waals surface area contributed by atoms with Crippen molar-refractivity contribution in [2.45, 2.75) is 39.5 Å². The van der Waals surface area contributed by atoms with Crippen molar-refractivity contribution >= 4 is 44.8 Å². The van der Waals surface area contributed by atoms with Crippen LogP contribution in [0, 0.1) is 45.9 Å². The minimum atomic E-state index is -4.01. The van der Waals surface area contributed by atoms with E-state index in [1.54, 1.807) is 6.92 Å². The lowest BCUT2D eigenvalue weighted by Crippen LogP contribution is -2.18. The van der Waals surface area contributed by atoms with Gasteiger partial charge >= 0.3 is 0 Å². The lowest BCUT2D eigenvalue weighted by atomic mass is 9.95. The van der Waals surface area contributed by atoms with E-state index in [-0.39, 0.29) is 20.7 Å². The molecule has 0 aliphatic carbocycles. The maximum Gasteiger partial charge on any atom is 0.265 e. The molecule has 3 rings (SSSR count). The van der Waals surface area contributed by atoms with E-state index in [2.05, 4.69) is 22.0 Å². The Morgan fingerprint density at radius 1 is 1.23 bits per heavy atom. The Bertz CT molecular complexity index is 1260. The van der Waals surface area contributed by atoms with Crippen molar-refractivity contribution in [1.29, 1.82) is 5.26 Å². The Morgan fingerprint density at radius 2 is 1.81 bits per heavy atom. The van der Waals surface area contributed by atoms with Crippen LogP contribution in [-0.4, -0.2) is 19.5 Å². The number of nitriles is 1. The third kappa shape index (κ3) is 5.25. The van der Waals surface area contributed by atoms with E-state index in [1.165, 1.54) is 22.6 Å². The van der Waals surface area contributed by atoms with E-state index in [1.807, 2.05) is 27.7 Å². The number of thiophene rings is 1. The molecule has 0 atom stereocenters. The van der Waals surface area contributed by atoms with Gasteiger partial charge in [0.25, 0.3) is 21.8 Å².